The van der Waals surface area contributed by atoms with Crippen LogP contribution >= 0.6 is 0 Å². The van der Waals surface area contributed by atoms with E-state index in [2.05, 4.69) is 4.90 Å². The summed E-state index contributed by atoms with van der Waals surface area (Å²) < 4.78 is 42.8. The van der Waals surface area contributed by atoms with Crippen LogP contribution < -0.4 is 4.74 Å². The highest BCUT2D eigenvalue weighted by Gasteiger charge is 2.26. The predicted octanol–water partition coefficient (Wildman–Crippen LogP) is 1.50. The van der Waals surface area contributed by atoms with Gasteiger partial charge >= 0.3 is 0 Å². The highest BCUT2D eigenvalue weighted by atomic mass is 32.2. The van der Waals surface area contributed by atoms with Crippen LogP contribution in [0.25, 0.3) is 0 Å². The van der Waals surface area contributed by atoms with Gasteiger partial charge < -0.3 is 4.74 Å². The lowest BCUT2D eigenvalue weighted by molar-refractivity contribution is 0.181. The van der Waals surface area contributed by atoms with Gasteiger partial charge in [-0.3, -0.25) is 9.29 Å². The number of hydrogen-bond acceptors (Lipinski definition) is 4. The Balaban J connectivity index is 1.84. The minimum absolute atomic E-state index is 0.0778. The van der Waals surface area contributed by atoms with Gasteiger partial charge in [-0.1, -0.05) is 12.1 Å². The van der Waals surface area contributed by atoms with Crippen molar-refractivity contribution >= 4 is 10.0 Å². The van der Waals surface area contributed by atoms with Gasteiger partial charge in [0.1, 0.15) is 5.75 Å². The smallest absolute Gasteiger partial charge is 0.214 e. The Bertz CT molecular complexity index is 555. The molecular weight excluding hydrogens is 307 g/mol. The zero-order chi connectivity index (χ0) is 16.0. The molecule has 124 valence electrons. The molecular formula is C15H23FN2O3S. The minimum atomic E-state index is -3.30. The molecule has 1 aromatic carbocycles. The van der Waals surface area contributed by atoms with Crippen molar-refractivity contribution in [3.63, 3.8) is 0 Å². The minimum Gasteiger partial charge on any atom is -0.497 e. The van der Waals surface area contributed by atoms with E-state index in [0.717, 1.165) is 12.3 Å². The molecule has 0 aliphatic carbocycles. The molecule has 22 heavy (non-hydrogen) atoms. The molecule has 0 bridgehead atoms. The number of piperazine rings is 1. The van der Waals surface area contributed by atoms with E-state index in [4.69, 9.17) is 4.74 Å². The van der Waals surface area contributed by atoms with Crippen LogP contribution in [-0.4, -0.2) is 63.3 Å². The number of rotatable bonds is 7. The monoisotopic (exact) mass is 330 g/mol. The SMILES string of the molecule is COc1ccc(CN2CCN(S(=O)(=O)CCCF)CC2)cc1. The van der Waals surface area contributed by atoms with E-state index in [9.17, 15) is 12.8 Å². The molecule has 2 rings (SSSR count). The topological polar surface area (TPSA) is 49.9 Å². The molecule has 0 unspecified atom stereocenters. The Morgan fingerprint density at radius 1 is 1.14 bits per heavy atom. The number of sulfonamides is 1. The van der Waals surface area contributed by atoms with Gasteiger partial charge in [-0.05, 0) is 24.1 Å². The van der Waals surface area contributed by atoms with Crippen molar-refractivity contribution in [2.24, 2.45) is 0 Å². The maximum atomic E-state index is 12.1. The first-order chi connectivity index (χ1) is 10.5. The van der Waals surface area contributed by atoms with Crippen molar-refractivity contribution < 1.29 is 17.5 Å². The lowest BCUT2D eigenvalue weighted by Gasteiger charge is -2.34. The summed E-state index contributed by atoms with van der Waals surface area (Å²) >= 11 is 0. The zero-order valence-electron chi connectivity index (χ0n) is 12.9. The van der Waals surface area contributed by atoms with E-state index < -0.39 is 16.7 Å². The fraction of sp³-hybridized carbons (Fsp3) is 0.600. The van der Waals surface area contributed by atoms with Gasteiger partial charge in [0.2, 0.25) is 10.0 Å². The van der Waals surface area contributed by atoms with E-state index in [1.165, 1.54) is 9.87 Å². The first-order valence-corrected chi connectivity index (χ1v) is 9.05. The van der Waals surface area contributed by atoms with Gasteiger partial charge in [-0.15, -0.1) is 0 Å². The molecule has 7 heteroatoms. The molecule has 0 saturated carbocycles. The van der Waals surface area contributed by atoms with E-state index in [0.29, 0.717) is 26.2 Å². The maximum absolute atomic E-state index is 12.1. The van der Waals surface area contributed by atoms with Crippen LogP contribution in [0.2, 0.25) is 0 Å². The zero-order valence-corrected chi connectivity index (χ0v) is 13.7. The van der Waals surface area contributed by atoms with Crippen LogP contribution in [0.1, 0.15) is 12.0 Å². The van der Waals surface area contributed by atoms with Gasteiger partial charge in [0.25, 0.3) is 0 Å². The Hall–Kier alpha value is -1.18. The lowest BCUT2D eigenvalue weighted by Crippen LogP contribution is -2.48. The van der Waals surface area contributed by atoms with Crippen molar-refractivity contribution in [1.82, 2.24) is 9.21 Å². The van der Waals surface area contributed by atoms with E-state index in [-0.39, 0.29) is 12.2 Å². The number of halogens is 1. The van der Waals surface area contributed by atoms with E-state index >= 15 is 0 Å². The van der Waals surface area contributed by atoms with Crippen LogP contribution in [0.4, 0.5) is 4.39 Å². The van der Waals surface area contributed by atoms with Crippen molar-refractivity contribution in [2.45, 2.75) is 13.0 Å². The average molecular weight is 330 g/mol. The Morgan fingerprint density at radius 3 is 2.32 bits per heavy atom. The van der Waals surface area contributed by atoms with Crippen LogP contribution in [0.5, 0.6) is 5.75 Å². The Morgan fingerprint density at radius 2 is 1.77 bits per heavy atom. The fourth-order valence-electron chi connectivity index (χ4n) is 2.52. The third-order valence-electron chi connectivity index (χ3n) is 3.83. The molecule has 0 amide bonds. The molecule has 1 aromatic rings. The Labute approximate surface area is 131 Å². The van der Waals surface area contributed by atoms with Gasteiger partial charge in [-0.2, -0.15) is 4.31 Å². The van der Waals surface area contributed by atoms with Crippen LogP contribution in [0.15, 0.2) is 24.3 Å². The van der Waals surface area contributed by atoms with Gasteiger partial charge in [0.05, 0.1) is 19.5 Å². The summed E-state index contributed by atoms with van der Waals surface area (Å²) in [6.45, 7) is 2.55. The predicted molar refractivity (Wildman–Crippen MR) is 84.2 cm³/mol. The first-order valence-electron chi connectivity index (χ1n) is 7.44. The third kappa shape index (κ3) is 4.66. The first kappa shape index (κ1) is 17.2. The van der Waals surface area contributed by atoms with Crippen molar-refractivity contribution in [1.29, 1.82) is 0 Å². The summed E-state index contributed by atoms with van der Waals surface area (Å²) in [5.41, 5.74) is 1.18. The lowest BCUT2D eigenvalue weighted by atomic mass is 10.2. The summed E-state index contributed by atoms with van der Waals surface area (Å²) in [4.78, 5) is 2.23. The van der Waals surface area contributed by atoms with Crippen LogP contribution in [0, 0.1) is 0 Å². The molecule has 0 aromatic heterocycles. The summed E-state index contributed by atoms with van der Waals surface area (Å²) in [7, 11) is -1.66. The van der Waals surface area contributed by atoms with E-state index in [1.54, 1.807) is 7.11 Å². The van der Waals surface area contributed by atoms with Crippen molar-refractivity contribution in [3.8, 4) is 5.75 Å². The van der Waals surface area contributed by atoms with Gasteiger partial charge in [0, 0.05) is 32.7 Å². The molecule has 1 aliphatic heterocycles. The number of ether oxygens (including phenoxy) is 1. The quantitative estimate of drug-likeness (QED) is 0.760. The summed E-state index contributed by atoms with van der Waals surface area (Å²) in [5, 5.41) is 0. The third-order valence-corrected chi connectivity index (χ3v) is 5.78. The highest BCUT2D eigenvalue weighted by molar-refractivity contribution is 7.89. The number of methoxy groups -OCH3 is 1. The van der Waals surface area contributed by atoms with Crippen LogP contribution in [0.3, 0.4) is 0 Å². The fourth-order valence-corrected chi connectivity index (χ4v) is 3.97. The summed E-state index contributed by atoms with van der Waals surface area (Å²) in [6, 6.07) is 7.88. The molecule has 0 atom stereocenters. The second kappa shape index (κ2) is 7.89. The molecule has 5 nitrogen and oxygen atoms in total. The standard InChI is InChI=1S/C15H23FN2O3S/c1-21-15-5-3-14(4-6-15)13-17-8-10-18(11-9-17)22(19,20)12-2-7-16/h3-6H,2,7-13H2,1H3. The molecule has 1 fully saturated rings. The second-order valence-corrected chi connectivity index (χ2v) is 7.47. The maximum Gasteiger partial charge on any atom is 0.214 e. The van der Waals surface area contributed by atoms with E-state index in [1.807, 2.05) is 24.3 Å². The highest BCUT2D eigenvalue weighted by Crippen LogP contribution is 2.15. The largest absolute Gasteiger partial charge is 0.497 e. The van der Waals surface area contributed by atoms with Crippen LogP contribution in [-0.2, 0) is 16.6 Å². The molecule has 0 spiro atoms. The number of hydrogen-bond donors (Lipinski definition) is 0. The molecule has 0 N–H and O–H groups in total. The Kier molecular flexibility index (Phi) is 6.16. The molecule has 0 radical (unpaired) electrons. The molecule has 1 aliphatic rings. The number of benzene rings is 1. The summed E-state index contributed by atoms with van der Waals surface area (Å²) in [6.07, 6.45) is 0.0778. The van der Waals surface area contributed by atoms with Crippen molar-refractivity contribution in [3.05, 3.63) is 29.8 Å². The van der Waals surface area contributed by atoms with Gasteiger partial charge in [-0.25, -0.2) is 8.42 Å². The summed E-state index contributed by atoms with van der Waals surface area (Å²) in [5.74, 6) is 0.731. The second-order valence-electron chi connectivity index (χ2n) is 5.38. The number of alkyl halides is 1. The normalized spacial score (nSPS) is 17.5. The van der Waals surface area contributed by atoms with Crippen molar-refractivity contribution in [2.75, 3.05) is 45.7 Å². The number of nitrogens with zero attached hydrogens (tertiary/aromatic N) is 2. The average Bonchev–Trinajstić information content (AvgIpc) is 2.54. The van der Waals surface area contributed by atoms with Gasteiger partial charge in [0.15, 0.2) is 0 Å². The molecule has 1 saturated heterocycles. The molecule has 1 heterocycles.